The number of nitrogens with two attached hydrogens (primary N) is 1. The molecule has 1 aliphatic heterocycles. The minimum absolute atomic E-state index is 0.0453. The molecule has 1 aliphatic rings. The minimum atomic E-state index is -4.18. The number of hydrazine groups is 1. The van der Waals surface area contributed by atoms with Gasteiger partial charge in [-0.05, 0) is 24.3 Å². The third-order valence-corrected chi connectivity index (χ3v) is 5.59. The second-order valence-corrected chi connectivity index (χ2v) is 8.57. The Kier molecular flexibility index (Phi) is 5.15. The third-order valence-electron chi connectivity index (χ3n) is 4.79. The summed E-state index contributed by atoms with van der Waals surface area (Å²) < 4.78 is 65.7. The molecule has 1 fully saturated rings. The number of pyridine rings is 2. The highest BCUT2D eigenvalue weighted by Gasteiger charge is 2.39. The summed E-state index contributed by atoms with van der Waals surface area (Å²) in [5.74, 6) is -4.87. The van der Waals surface area contributed by atoms with Crippen LogP contribution in [0.3, 0.4) is 0 Å². The van der Waals surface area contributed by atoms with Crippen LogP contribution >= 0.6 is 0 Å². The van der Waals surface area contributed by atoms with E-state index in [1.54, 1.807) is 12.1 Å². The van der Waals surface area contributed by atoms with E-state index in [9.17, 15) is 22.0 Å². The van der Waals surface area contributed by atoms with E-state index >= 15 is 4.39 Å². The number of para-hydroxylation sites is 1. The standard InChI is InChI=1S/C19H16F3N5O3S/c20-16-12-3-1-2-4-13(12)25-17(11-5-7-24-14(9-11)31(23,29)30)15(16)18(28)26-27-8-6-19(21,22)10-27/h1-5,7,9H,6,8,10H2,(H,26,28)(H2,23,29,30). The number of hydrogen-bond acceptors (Lipinski definition) is 6. The fourth-order valence-electron chi connectivity index (χ4n) is 3.33. The maximum atomic E-state index is 15.4. The highest BCUT2D eigenvalue weighted by molar-refractivity contribution is 7.89. The molecule has 1 saturated heterocycles. The minimum Gasteiger partial charge on any atom is -0.284 e. The molecule has 3 aromatic rings. The Morgan fingerprint density at radius 1 is 1.23 bits per heavy atom. The van der Waals surface area contributed by atoms with Gasteiger partial charge in [0.1, 0.15) is 11.4 Å². The molecule has 0 spiro atoms. The molecule has 0 saturated carbocycles. The van der Waals surface area contributed by atoms with Crippen LogP contribution in [0.1, 0.15) is 16.8 Å². The second-order valence-electron chi connectivity index (χ2n) is 7.06. The molecule has 1 aromatic carbocycles. The number of amides is 1. The molecular weight excluding hydrogens is 435 g/mol. The van der Waals surface area contributed by atoms with Crippen molar-refractivity contribution in [2.45, 2.75) is 17.4 Å². The summed E-state index contributed by atoms with van der Waals surface area (Å²) in [5.41, 5.74) is 1.89. The van der Waals surface area contributed by atoms with Crippen molar-refractivity contribution in [3.8, 4) is 11.3 Å². The van der Waals surface area contributed by atoms with Gasteiger partial charge < -0.3 is 0 Å². The first-order valence-electron chi connectivity index (χ1n) is 9.06. The van der Waals surface area contributed by atoms with Gasteiger partial charge >= 0.3 is 0 Å². The van der Waals surface area contributed by atoms with Gasteiger partial charge in [0, 0.05) is 30.1 Å². The Hall–Kier alpha value is -3.09. The molecule has 1 amide bonds. The van der Waals surface area contributed by atoms with E-state index in [4.69, 9.17) is 5.14 Å². The average molecular weight is 451 g/mol. The van der Waals surface area contributed by atoms with Crippen LogP contribution in [-0.4, -0.2) is 48.3 Å². The smallest absolute Gasteiger partial charge is 0.270 e. The molecule has 0 atom stereocenters. The number of carbonyl (C=O) groups is 1. The van der Waals surface area contributed by atoms with Crippen LogP contribution < -0.4 is 10.6 Å². The number of alkyl halides is 2. The number of sulfonamides is 1. The molecule has 4 rings (SSSR count). The Labute approximate surface area is 174 Å². The van der Waals surface area contributed by atoms with Gasteiger partial charge in [0.05, 0.1) is 17.8 Å². The maximum absolute atomic E-state index is 15.4. The number of benzene rings is 1. The second kappa shape index (κ2) is 7.55. The topological polar surface area (TPSA) is 118 Å². The van der Waals surface area contributed by atoms with Crippen molar-refractivity contribution in [2.75, 3.05) is 13.1 Å². The van der Waals surface area contributed by atoms with Crippen LogP contribution in [0.2, 0.25) is 0 Å². The van der Waals surface area contributed by atoms with Crippen LogP contribution in [0.5, 0.6) is 0 Å². The van der Waals surface area contributed by atoms with Gasteiger partial charge in [-0.2, -0.15) is 0 Å². The van der Waals surface area contributed by atoms with Crippen molar-refractivity contribution in [1.29, 1.82) is 0 Å². The van der Waals surface area contributed by atoms with E-state index in [1.165, 1.54) is 18.2 Å². The number of nitrogens with zero attached hydrogens (tertiary/aromatic N) is 3. The fraction of sp³-hybridized carbons (Fsp3) is 0.211. The third kappa shape index (κ3) is 4.22. The van der Waals surface area contributed by atoms with Gasteiger partial charge in [-0.1, -0.05) is 12.1 Å². The first kappa shape index (κ1) is 21.2. The lowest BCUT2D eigenvalue weighted by Crippen LogP contribution is -2.42. The monoisotopic (exact) mass is 451 g/mol. The summed E-state index contributed by atoms with van der Waals surface area (Å²) in [6, 6.07) is 8.52. The summed E-state index contributed by atoms with van der Waals surface area (Å²) in [4.78, 5) is 20.9. The van der Waals surface area contributed by atoms with Gasteiger partial charge in [0.2, 0.25) is 0 Å². The predicted octanol–water partition coefficient (Wildman–Crippen LogP) is 2.07. The van der Waals surface area contributed by atoms with Gasteiger partial charge in [-0.15, -0.1) is 0 Å². The van der Waals surface area contributed by atoms with Gasteiger partial charge in [-0.25, -0.2) is 41.7 Å². The van der Waals surface area contributed by atoms with E-state index in [-0.39, 0.29) is 28.7 Å². The van der Waals surface area contributed by atoms with E-state index < -0.39 is 51.2 Å². The molecule has 8 nitrogen and oxygen atoms in total. The summed E-state index contributed by atoms with van der Waals surface area (Å²) >= 11 is 0. The zero-order valence-electron chi connectivity index (χ0n) is 15.8. The first-order valence-corrected chi connectivity index (χ1v) is 10.6. The summed E-state index contributed by atoms with van der Waals surface area (Å²) in [7, 11) is -4.18. The zero-order chi connectivity index (χ0) is 22.4. The van der Waals surface area contributed by atoms with Crippen LogP contribution in [0.15, 0.2) is 47.6 Å². The van der Waals surface area contributed by atoms with E-state index in [1.807, 2.05) is 0 Å². The highest BCUT2D eigenvalue weighted by Crippen LogP contribution is 2.31. The summed E-state index contributed by atoms with van der Waals surface area (Å²) in [6.45, 7) is -0.816. The van der Waals surface area contributed by atoms with E-state index in [2.05, 4.69) is 15.4 Å². The largest absolute Gasteiger partial charge is 0.284 e. The average Bonchev–Trinajstić information content (AvgIpc) is 3.05. The van der Waals surface area contributed by atoms with Crippen LogP contribution in [0, 0.1) is 5.82 Å². The number of halogens is 3. The van der Waals surface area contributed by atoms with E-state index in [0.717, 1.165) is 17.3 Å². The van der Waals surface area contributed by atoms with Crippen molar-refractivity contribution < 1.29 is 26.4 Å². The molecule has 3 N–H and O–H groups in total. The molecule has 2 aromatic heterocycles. The number of nitrogens with one attached hydrogen (secondary N) is 1. The number of primary sulfonamides is 1. The van der Waals surface area contributed by atoms with Crippen molar-refractivity contribution in [1.82, 2.24) is 20.4 Å². The zero-order valence-corrected chi connectivity index (χ0v) is 16.7. The fourth-order valence-corrected chi connectivity index (χ4v) is 3.83. The maximum Gasteiger partial charge on any atom is 0.270 e. The van der Waals surface area contributed by atoms with Crippen molar-refractivity contribution in [3.63, 3.8) is 0 Å². The molecule has 0 bridgehead atoms. The van der Waals surface area contributed by atoms with Gasteiger partial charge in [0.15, 0.2) is 5.03 Å². The lowest BCUT2D eigenvalue weighted by atomic mass is 10.0. The van der Waals surface area contributed by atoms with E-state index in [0.29, 0.717) is 0 Å². The molecule has 12 heteroatoms. The summed E-state index contributed by atoms with van der Waals surface area (Å²) in [6.07, 6.45) is 0.688. The Morgan fingerprint density at radius 2 is 1.97 bits per heavy atom. The molecular formula is C19H16F3N5O3S. The number of carbonyl (C=O) groups excluding carboxylic acids is 1. The van der Waals surface area contributed by atoms with Crippen molar-refractivity contribution >= 4 is 26.8 Å². The molecule has 0 radical (unpaired) electrons. The molecule has 0 unspecified atom stereocenters. The van der Waals surface area contributed by atoms with Crippen LogP contribution in [-0.2, 0) is 10.0 Å². The highest BCUT2D eigenvalue weighted by atomic mass is 32.2. The number of aromatic nitrogens is 2. The number of fused-ring (bicyclic) bond motifs is 1. The normalized spacial score (nSPS) is 16.5. The predicted molar refractivity (Wildman–Crippen MR) is 105 cm³/mol. The SMILES string of the molecule is NS(=O)(=O)c1cc(-c2nc3ccccc3c(F)c2C(=O)NN2CCC(F)(F)C2)ccn1. The van der Waals surface area contributed by atoms with Gasteiger partial charge in [-0.3, -0.25) is 10.2 Å². The Balaban J connectivity index is 1.86. The van der Waals surface area contributed by atoms with Crippen molar-refractivity contribution in [2.24, 2.45) is 5.14 Å². The molecule has 3 heterocycles. The van der Waals surface area contributed by atoms with Gasteiger partial charge in [0.25, 0.3) is 21.9 Å². The quantitative estimate of drug-likeness (QED) is 0.627. The molecule has 0 aliphatic carbocycles. The Morgan fingerprint density at radius 3 is 2.65 bits per heavy atom. The number of hydrogen-bond donors (Lipinski definition) is 2. The van der Waals surface area contributed by atoms with Crippen LogP contribution in [0.4, 0.5) is 13.2 Å². The number of rotatable bonds is 4. The molecule has 31 heavy (non-hydrogen) atoms. The van der Waals surface area contributed by atoms with Crippen LogP contribution in [0.25, 0.3) is 22.2 Å². The first-order chi connectivity index (χ1) is 14.5. The lowest BCUT2D eigenvalue weighted by Gasteiger charge is -2.19. The van der Waals surface area contributed by atoms with Crippen molar-refractivity contribution in [3.05, 3.63) is 54.0 Å². The molecule has 162 valence electrons. The Bertz CT molecular complexity index is 1300. The summed E-state index contributed by atoms with van der Waals surface area (Å²) in [5, 5.41) is 5.67. The lowest BCUT2D eigenvalue weighted by molar-refractivity contribution is 0.00701.